The van der Waals surface area contributed by atoms with Gasteiger partial charge in [-0.05, 0) is 19.9 Å². The van der Waals surface area contributed by atoms with Crippen molar-refractivity contribution in [1.82, 2.24) is 14.9 Å². The van der Waals surface area contributed by atoms with Gasteiger partial charge >= 0.3 is 0 Å². The van der Waals surface area contributed by atoms with E-state index in [-0.39, 0.29) is 34.7 Å². The molecular weight excluding hydrogens is 330 g/mol. The smallest absolute Gasteiger partial charge is 0.275 e. The van der Waals surface area contributed by atoms with Crippen LogP contribution in [-0.2, 0) is 10.0 Å². The molecule has 128 valence electrons. The van der Waals surface area contributed by atoms with Gasteiger partial charge in [0.1, 0.15) is 5.76 Å². The van der Waals surface area contributed by atoms with Gasteiger partial charge in [0.15, 0.2) is 0 Å². The first-order chi connectivity index (χ1) is 9.80. The molecule has 0 aromatic carbocycles. The van der Waals surface area contributed by atoms with Crippen LogP contribution in [-0.4, -0.2) is 52.4 Å². The molecule has 0 atom stereocenters. The van der Waals surface area contributed by atoms with E-state index in [1.165, 1.54) is 20.2 Å². The highest BCUT2D eigenvalue weighted by molar-refractivity contribution is 7.88. The van der Waals surface area contributed by atoms with Gasteiger partial charge in [0.05, 0.1) is 5.56 Å². The quantitative estimate of drug-likeness (QED) is 0.680. The fraction of sp³-hybridized carbons (Fsp3) is 0.615. The first kappa shape index (κ1) is 20.9. The number of hydrogen-bond acceptors (Lipinski definition) is 5. The molecule has 0 spiro atoms. The van der Waals surface area contributed by atoms with Crippen molar-refractivity contribution in [1.29, 1.82) is 0 Å². The number of amides is 1. The Kier molecular flexibility index (Phi) is 8.69. The van der Waals surface area contributed by atoms with Gasteiger partial charge in [0.25, 0.3) is 15.9 Å². The minimum Gasteiger partial charge on any atom is -0.448 e. The van der Waals surface area contributed by atoms with Gasteiger partial charge in [0.2, 0.25) is 5.09 Å². The minimum absolute atomic E-state index is 0. The zero-order valence-electron chi connectivity index (χ0n) is 13.3. The summed E-state index contributed by atoms with van der Waals surface area (Å²) in [5, 5.41) is 5.66. The van der Waals surface area contributed by atoms with E-state index in [1.54, 1.807) is 6.92 Å². The predicted octanol–water partition coefficient (Wildman–Crippen LogP) is 0.990. The minimum atomic E-state index is -3.67. The second kappa shape index (κ2) is 9.14. The number of rotatable bonds is 8. The summed E-state index contributed by atoms with van der Waals surface area (Å²) < 4.78 is 30.1. The molecule has 0 bridgehead atoms. The lowest BCUT2D eigenvalue weighted by molar-refractivity contribution is 0.0952. The van der Waals surface area contributed by atoms with Crippen LogP contribution >= 0.6 is 12.4 Å². The van der Waals surface area contributed by atoms with Crippen molar-refractivity contribution in [3.63, 3.8) is 0 Å². The predicted molar refractivity (Wildman–Crippen MR) is 87.1 cm³/mol. The van der Waals surface area contributed by atoms with E-state index in [1.807, 2.05) is 0 Å². The molecule has 0 radical (unpaired) electrons. The zero-order valence-corrected chi connectivity index (χ0v) is 14.9. The molecule has 1 aromatic rings. The largest absolute Gasteiger partial charge is 0.448 e. The van der Waals surface area contributed by atoms with Gasteiger partial charge in [-0.3, -0.25) is 4.79 Å². The number of carbonyl (C=O) groups is 1. The van der Waals surface area contributed by atoms with Crippen molar-refractivity contribution in [2.75, 3.05) is 33.7 Å². The van der Waals surface area contributed by atoms with Crippen molar-refractivity contribution in [2.45, 2.75) is 25.4 Å². The summed E-state index contributed by atoms with van der Waals surface area (Å²) >= 11 is 0. The van der Waals surface area contributed by atoms with Crippen molar-refractivity contribution in [3.05, 3.63) is 17.4 Å². The van der Waals surface area contributed by atoms with Gasteiger partial charge < -0.3 is 15.1 Å². The van der Waals surface area contributed by atoms with Gasteiger partial charge in [-0.2, -0.15) is 0 Å². The SMILES string of the molecule is CCCNCCNC(=O)c1cc(S(=O)(=O)N(C)C)oc1C.Cl. The number of nitrogens with one attached hydrogen (secondary N) is 2. The van der Waals surface area contributed by atoms with Crippen LogP contribution < -0.4 is 10.6 Å². The molecule has 0 aliphatic heterocycles. The van der Waals surface area contributed by atoms with Gasteiger partial charge in [-0.25, -0.2) is 12.7 Å². The molecule has 1 heterocycles. The molecule has 0 unspecified atom stereocenters. The zero-order chi connectivity index (χ0) is 16.0. The van der Waals surface area contributed by atoms with E-state index < -0.39 is 10.0 Å². The highest BCUT2D eigenvalue weighted by atomic mass is 35.5. The summed E-state index contributed by atoms with van der Waals surface area (Å²) in [5.41, 5.74) is 0.242. The molecule has 0 saturated carbocycles. The van der Waals surface area contributed by atoms with Crippen LogP contribution in [0.2, 0.25) is 0 Å². The third-order valence-corrected chi connectivity index (χ3v) is 4.56. The molecule has 0 aliphatic rings. The highest BCUT2D eigenvalue weighted by Gasteiger charge is 2.25. The Morgan fingerprint density at radius 3 is 2.45 bits per heavy atom. The van der Waals surface area contributed by atoms with Crippen LogP contribution in [0.4, 0.5) is 0 Å². The van der Waals surface area contributed by atoms with Crippen molar-refractivity contribution in [3.8, 4) is 0 Å². The normalized spacial score (nSPS) is 11.3. The number of furan rings is 1. The summed E-state index contributed by atoms with van der Waals surface area (Å²) in [6.45, 7) is 5.66. The monoisotopic (exact) mass is 353 g/mol. The van der Waals surface area contributed by atoms with Gasteiger partial charge in [0, 0.05) is 33.3 Å². The Morgan fingerprint density at radius 2 is 1.91 bits per heavy atom. The second-order valence-electron chi connectivity index (χ2n) is 4.83. The molecule has 0 saturated heterocycles. The Labute approximate surface area is 137 Å². The Morgan fingerprint density at radius 1 is 1.27 bits per heavy atom. The van der Waals surface area contributed by atoms with Crippen LogP contribution in [0, 0.1) is 6.92 Å². The molecule has 0 fully saturated rings. The van der Waals surface area contributed by atoms with E-state index >= 15 is 0 Å². The third kappa shape index (κ3) is 5.28. The van der Waals surface area contributed by atoms with Crippen LogP contribution in [0.5, 0.6) is 0 Å². The number of nitrogens with zero attached hydrogens (tertiary/aromatic N) is 1. The summed E-state index contributed by atoms with van der Waals surface area (Å²) in [5.74, 6) is -0.0517. The molecule has 22 heavy (non-hydrogen) atoms. The van der Waals surface area contributed by atoms with E-state index in [0.717, 1.165) is 17.3 Å². The van der Waals surface area contributed by atoms with Crippen molar-refractivity contribution < 1.29 is 17.6 Å². The summed E-state index contributed by atoms with van der Waals surface area (Å²) in [4.78, 5) is 12.0. The topological polar surface area (TPSA) is 91.6 Å². The first-order valence-electron chi connectivity index (χ1n) is 6.82. The van der Waals surface area contributed by atoms with E-state index in [0.29, 0.717) is 13.1 Å². The van der Waals surface area contributed by atoms with Gasteiger partial charge in [-0.1, -0.05) is 6.92 Å². The standard InChI is InChI=1S/C13H23N3O4S.ClH/c1-5-6-14-7-8-15-13(17)11-9-12(20-10(11)2)21(18,19)16(3)4;/h9,14H,5-8H2,1-4H3,(H,15,17);1H. The molecule has 9 heteroatoms. The van der Waals surface area contributed by atoms with E-state index in [9.17, 15) is 13.2 Å². The highest BCUT2D eigenvalue weighted by Crippen LogP contribution is 2.21. The maximum absolute atomic E-state index is 12.0. The van der Waals surface area contributed by atoms with Crippen molar-refractivity contribution in [2.24, 2.45) is 0 Å². The lowest BCUT2D eigenvalue weighted by atomic mass is 10.2. The summed E-state index contributed by atoms with van der Waals surface area (Å²) in [7, 11) is -0.852. The molecule has 1 amide bonds. The first-order valence-corrected chi connectivity index (χ1v) is 8.26. The van der Waals surface area contributed by atoms with Crippen LogP contribution in [0.25, 0.3) is 0 Å². The average Bonchev–Trinajstić information content (AvgIpc) is 2.81. The van der Waals surface area contributed by atoms with Gasteiger partial charge in [-0.15, -0.1) is 12.4 Å². The van der Waals surface area contributed by atoms with Crippen molar-refractivity contribution >= 4 is 28.3 Å². The molecular formula is C13H24ClN3O4S. The van der Waals surface area contributed by atoms with Crippen LogP contribution in [0.3, 0.4) is 0 Å². The van der Waals surface area contributed by atoms with Crippen LogP contribution in [0.1, 0.15) is 29.5 Å². The maximum Gasteiger partial charge on any atom is 0.275 e. The molecule has 0 aliphatic carbocycles. The number of carbonyl (C=O) groups excluding carboxylic acids is 1. The van der Waals surface area contributed by atoms with E-state index in [4.69, 9.17) is 4.42 Å². The fourth-order valence-electron chi connectivity index (χ4n) is 1.65. The third-order valence-electron chi connectivity index (χ3n) is 2.89. The molecule has 7 nitrogen and oxygen atoms in total. The Balaban J connectivity index is 0.00000441. The molecule has 1 aromatic heterocycles. The Hall–Kier alpha value is -1.09. The Bertz CT molecular complexity index is 584. The van der Waals surface area contributed by atoms with Crippen LogP contribution in [0.15, 0.2) is 15.6 Å². The number of sulfonamides is 1. The molecule has 1 rings (SSSR count). The maximum atomic E-state index is 12.0. The van der Waals surface area contributed by atoms with E-state index in [2.05, 4.69) is 17.6 Å². The fourth-order valence-corrected chi connectivity index (χ4v) is 2.51. The number of hydrogen-bond donors (Lipinski definition) is 2. The molecule has 2 N–H and O–H groups in total. The summed E-state index contributed by atoms with van der Waals surface area (Å²) in [6, 6.07) is 1.26. The summed E-state index contributed by atoms with van der Waals surface area (Å²) in [6.07, 6.45) is 1.03. The lowest BCUT2D eigenvalue weighted by Crippen LogP contribution is -2.32. The average molecular weight is 354 g/mol. The lowest BCUT2D eigenvalue weighted by Gasteiger charge is -2.07. The number of aryl methyl sites for hydroxylation is 1. The second-order valence-corrected chi connectivity index (χ2v) is 6.91. The number of halogens is 1.